The summed E-state index contributed by atoms with van der Waals surface area (Å²) in [5.74, 6) is 0.586. The van der Waals surface area contributed by atoms with E-state index in [1.54, 1.807) is 6.20 Å². The van der Waals surface area contributed by atoms with Crippen LogP contribution in [0.5, 0.6) is 0 Å². The van der Waals surface area contributed by atoms with Gasteiger partial charge in [0, 0.05) is 28.3 Å². The molecule has 234 valence electrons. The minimum Gasteiger partial charge on any atom is -0.253 e. The van der Waals surface area contributed by atoms with Gasteiger partial charge in [-0.2, -0.15) is 0 Å². The highest BCUT2D eigenvalue weighted by Gasteiger charge is 2.16. The van der Waals surface area contributed by atoms with Crippen LogP contribution < -0.4 is 0 Å². The molecule has 0 aliphatic carbocycles. The summed E-state index contributed by atoms with van der Waals surface area (Å²) in [6.45, 7) is 0. The number of aromatic nitrogens is 4. The summed E-state index contributed by atoms with van der Waals surface area (Å²) in [6.07, 6.45) is 1.78. The van der Waals surface area contributed by atoms with Crippen LogP contribution in [0.15, 0.2) is 182 Å². The van der Waals surface area contributed by atoms with Gasteiger partial charge in [0.1, 0.15) is 5.69 Å². The first-order valence-corrected chi connectivity index (χ1v) is 16.7. The van der Waals surface area contributed by atoms with Crippen molar-refractivity contribution in [3.05, 3.63) is 182 Å². The molecule has 9 aromatic rings. The Bertz CT molecular complexity index is 2620. The maximum atomic E-state index is 5.15. The molecule has 4 heteroatoms. The van der Waals surface area contributed by atoms with Crippen LogP contribution in [-0.4, -0.2) is 19.9 Å². The quantitative estimate of drug-likeness (QED) is 0.170. The van der Waals surface area contributed by atoms with Gasteiger partial charge in [-0.25, -0.2) is 15.0 Å². The molecular formula is C46H30N4. The molecule has 0 fully saturated rings. The minimum atomic E-state index is 0.586. The fourth-order valence-electron chi connectivity index (χ4n) is 6.65. The Kier molecular flexibility index (Phi) is 7.45. The molecule has 0 aliphatic rings. The van der Waals surface area contributed by atoms with Gasteiger partial charge >= 0.3 is 0 Å². The van der Waals surface area contributed by atoms with E-state index >= 15 is 0 Å². The maximum Gasteiger partial charge on any atom is 0.179 e. The zero-order chi connectivity index (χ0) is 33.3. The molecule has 50 heavy (non-hydrogen) atoms. The molecular weight excluding hydrogens is 609 g/mol. The van der Waals surface area contributed by atoms with Gasteiger partial charge in [0.15, 0.2) is 5.82 Å². The summed E-state index contributed by atoms with van der Waals surface area (Å²) >= 11 is 0. The predicted molar refractivity (Wildman–Crippen MR) is 205 cm³/mol. The van der Waals surface area contributed by atoms with Gasteiger partial charge < -0.3 is 0 Å². The zero-order valence-corrected chi connectivity index (χ0v) is 27.1. The highest BCUT2D eigenvalue weighted by atomic mass is 14.9. The molecule has 6 aromatic carbocycles. The molecule has 3 heterocycles. The van der Waals surface area contributed by atoms with E-state index in [2.05, 4.69) is 151 Å². The SMILES string of the molecule is c1ccc(-c2ccc(-c3cc(-c4cccc(-c5cc(-c6ccccc6)nc6ccc7ccccc7c56)c4)nc(-c4ccccn4)n3)cc2)cc1. The van der Waals surface area contributed by atoms with Gasteiger partial charge in [-0.05, 0) is 69.4 Å². The lowest BCUT2D eigenvalue weighted by Gasteiger charge is -2.14. The van der Waals surface area contributed by atoms with Crippen molar-refractivity contribution in [1.29, 1.82) is 0 Å². The van der Waals surface area contributed by atoms with E-state index in [4.69, 9.17) is 15.0 Å². The first-order chi connectivity index (χ1) is 24.8. The van der Waals surface area contributed by atoms with Gasteiger partial charge in [-0.15, -0.1) is 0 Å². The number of nitrogens with zero attached hydrogens (tertiary/aromatic N) is 4. The summed E-state index contributed by atoms with van der Waals surface area (Å²) in [5, 5.41) is 3.50. The number of fused-ring (bicyclic) bond motifs is 3. The average molecular weight is 639 g/mol. The third kappa shape index (κ3) is 5.59. The van der Waals surface area contributed by atoms with Crippen LogP contribution in [0.3, 0.4) is 0 Å². The van der Waals surface area contributed by atoms with Gasteiger partial charge in [-0.1, -0.05) is 140 Å². The molecule has 0 bridgehead atoms. The van der Waals surface area contributed by atoms with E-state index in [1.165, 1.54) is 16.3 Å². The van der Waals surface area contributed by atoms with Gasteiger partial charge in [0.05, 0.1) is 22.6 Å². The molecule has 0 spiro atoms. The van der Waals surface area contributed by atoms with Crippen molar-refractivity contribution in [2.75, 3.05) is 0 Å². The highest BCUT2D eigenvalue weighted by molar-refractivity contribution is 6.14. The van der Waals surface area contributed by atoms with Gasteiger partial charge in [-0.3, -0.25) is 4.98 Å². The predicted octanol–water partition coefficient (Wildman–Crippen LogP) is 11.6. The third-order valence-electron chi connectivity index (χ3n) is 9.15. The average Bonchev–Trinajstić information content (AvgIpc) is 3.21. The standard InChI is InChI=1S/C46H30N4/c1-3-12-31(13-4-1)32-21-23-35(24-22-32)43-30-44(50-46(49-43)41-20-9-10-27-47-41)37-18-11-17-36(28-37)39-29-42(34-15-5-2-6-16-34)48-40-26-25-33-14-7-8-19-38(33)45(39)40/h1-30H. The molecule has 0 saturated carbocycles. The summed E-state index contributed by atoms with van der Waals surface area (Å²) < 4.78 is 0. The van der Waals surface area contributed by atoms with Crippen LogP contribution in [0.2, 0.25) is 0 Å². The van der Waals surface area contributed by atoms with Crippen molar-refractivity contribution >= 4 is 21.7 Å². The lowest BCUT2D eigenvalue weighted by Crippen LogP contribution is -1.97. The van der Waals surface area contributed by atoms with Crippen molar-refractivity contribution < 1.29 is 0 Å². The van der Waals surface area contributed by atoms with Crippen molar-refractivity contribution in [1.82, 2.24) is 19.9 Å². The van der Waals surface area contributed by atoms with Crippen LogP contribution in [0.4, 0.5) is 0 Å². The van der Waals surface area contributed by atoms with Crippen LogP contribution >= 0.6 is 0 Å². The van der Waals surface area contributed by atoms with Gasteiger partial charge in [0.25, 0.3) is 0 Å². The topological polar surface area (TPSA) is 51.6 Å². The number of benzene rings is 6. The summed E-state index contributed by atoms with van der Waals surface area (Å²) in [6, 6.07) is 61.0. The number of pyridine rings is 2. The number of hydrogen-bond donors (Lipinski definition) is 0. The van der Waals surface area contributed by atoms with Crippen LogP contribution in [-0.2, 0) is 0 Å². The van der Waals surface area contributed by atoms with E-state index in [1.807, 2.05) is 30.3 Å². The Morgan fingerprint density at radius 2 is 0.940 bits per heavy atom. The zero-order valence-electron chi connectivity index (χ0n) is 27.1. The molecule has 0 aliphatic heterocycles. The maximum absolute atomic E-state index is 5.15. The first kappa shape index (κ1) is 29.4. The second-order valence-electron chi connectivity index (χ2n) is 12.3. The smallest absolute Gasteiger partial charge is 0.179 e. The summed E-state index contributed by atoms with van der Waals surface area (Å²) in [4.78, 5) is 19.9. The van der Waals surface area contributed by atoms with Crippen molar-refractivity contribution in [3.8, 4) is 67.5 Å². The molecule has 0 N–H and O–H groups in total. The summed E-state index contributed by atoms with van der Waals surface area (Å²) in [7, 11) is 0. The Balaban J connectivity index is 1.21. The minimum absolute atomic E-state index is 0.586. The molecule has 0 radical (unpaired) electrons. The van der Waals surface area contributed by atoms with E-state index in [9.17, 15) is 0 Å². The van der Waals surface area contributed by atoms with Crippen molar-refractivity contribution in [2.45, 2.75) is 0 Å². The second kappa shape index (κ2) is 12.7. The Hall–Kier alpha value is -6.78. The molecule has 9 rings (SSSR count). The molecule has 0 atom stereocenters. The van der Waals surface area contributed by atoms with Crippen LogP contribution in [0.1, 0.15) is 0 Å². The van der Waals surface area contributed by atoms with Crippen molar-refractivity contribution in [2.24, 2.45) is 0 Å². The van der Waals surface area contributed by atoms with E-state index < -0.39 is 0 Å². The molecule has 0 saturated heterocycles. The normalized spacial score (nSPS) is 11.2. The highest BCUT2D eigenvalue weighted by Crippen LogP contribution is 2.38. The Labute approximate surface area is 290 Å². The fourth-order valence-corrected chi connectivity index (χ4v) is 6.65. The van der Waals surface area contributed by atoms with Crippen LogP contribution in [0.25, 0.3) is 89.2 Å². The third-order valence-corrected chi connectivity index (χ3v) is 9.15. The lowest BCUT2D eigenvalue weighted by molar-refractivity contribution is 1.15. The molecule has 0 unspecified atom stereocenters. The molecule has 3 aromatic heterocycles. The lowest BCUT2D eigenvalue weighted by atomic mass is 9.93. The number of hydrogen-bond acceptors (Lipinski definition) is 4. The summed E-state index contributed by atoms with van der Waals surface area (Å²) in [5.41, 5.74) is 12.0. The van der Waals surface area contributed by atoms with E-state index in [0.717, 1.165) is 67.1 Å². The van der Waals surface area contributed by atoms with Gasteiger partial charge in [0.2, 0.25) is 0 Å². The van der Waals surface area contributed by atoms with E-state index in [-0.39, 0.29) is 0 Å². The van der Waals surface area contributed by atoms with Crippen LogP contribution in [0, 0.1) is 0 Å². The number of rotatable bonds is 6. The molecule has 4 nitrogen and oxygen atoms in total. The largest absolute Gasteiger partial charge is 0.253 e. The molecule has 0 amide bonds. The van der Waals surface area contributed by atoms with Crippen molar-refractivity contribution in [3.63, 3.8) is 0 Å². The Morgan fingerprint density at radius 1 is 0.340 bits per heavy atom. The first-order valence-electron chi connectivity index (χ1n) is 16.7. The second-order valence-corrected chi connectivity index (χ2v) is 12.3. The fraction of sp³-hybridized carbons (Fsp3) is 0. The van der Waals surface area contributed by atoms with E-state index in [0.29, 0.717) is 5.82 Å². The Morgan fingerprint density at radius 3 is 1.72 bits per heavy atom. The monoisotopic (exact) mass is 638 g/mol.